The molecular formula is C16H23Cl2F3N2O. The van der Waals surface area contributed by atoms with Crippen LogP contribution in [0.25, 0.3) is 0 Å². The Morgan fingerprint density at radius 2 is 1.92 bits per heavy atom. The van der Waals surface area contributed by atoms with Crippen LogP contribution in [0.4, 0.5) is 13.2 Å². The van der Waals surface area contributed by atoms with Crippen molar-refractivity contribution in [2.75, 3.05) is 33.3 Å². The summed E-state index contributed by atoms with van der Waals surface area (Å²) in [6, 6.07) is 3.87. The third kappa shape index (κ3) is 5.55. The van der Waals surface area contributed by atoms with Gasteiger partial charge in [0.05, 0.1) is 12.7 Å². The highest BCUT2D eigenvalue weighted by atomic mass is 35.5. The van der Waals surface area contributed by atoms with Gasteiger partial charge in [-0.3, -0.25) is 4.90 Å². The molecule has 1 atom stereocenters. The fourth-order valence-corrected chi connectivity index (χ4v) is 2.82. The van der Waals surface area contributed by atoms with Crippen LogP contribution >= 0.6 is 24.8 Å². The Morgan fingerprint density at radius 1 is 1.29 bits per heavy atom. The maximum Gasteiger partial charge on any atom is 0.416 e. The lowest BCUT2D eigenvalue weighted by Crippen LogP contribution is -2.45. The van der Waals surface area contributed by atoms with E-state index in [0.717, 1.165) is 32.2 Å². The van der Waals surface area contributed by atoms with Gasteiger partial charge in [-0.1, -0.05) is 12.1 Å². The Balaban J connectivity index is 0.00000264. The van der Waals surface area contributed by atoms with Crippen molar-refractivity contribution in [2.45, 2.75) is 18.6 Å². The van der Waals surface area contributed by atoms with Crippen molar-refractivity contribution >= 4 is 24.8 Å². The summed E-state index contributed by atoms with van der Waals surface area (Å²) in [7, 11) is 1.37. The van der Waals surface area contributed by atoms with E-state index in [-0.39, 0.29) is 42.2 Å². The highest BCUT2D eigenvalue weighted by Crippen LogP contribution is 2.39. The first kappa shape index (κ1) is 23.1. The van der Waals surface area contributed by atoms with Crippen LogP contribution in [-0.4, -0.2) is 38.2 Å². The van der Waals surface area contributed by atoms with Crippen molar-refractivity contribution in [3.8, 4) is 5.75 Å². The SMILES string of the molecule is C=CC[C@@H](c1ccc(OC)cc1C(F)(F)F)N1CCNCC1.Cl.Cl. The predicted octanol–water partition coefficient (Wildman–Crippen LogP) is 4.08. The Morgan fingerprint density at radius 3 is 2.42 bits per heavy atom. The summed E-state index contributed by atoms with van der Waals surface area (Å²) in [6.07, 6.45) is -2.25. The second-order valence-corrected chi connectivity index (χ2v) is 5.28. The number of nitrogens with one attached hydrogen (secondary N) is 1. The lowest BCUT2D eigenvalue weighted by atomic mass is 9.95. The lowest BCUT2D eigenvalue weighted by molar-refractivity contribution is -0.139. The average Bonchev–Trinajstić information content (AvgIpc) is 2.52. The van der Waals surface area contributed by atoms with Gasteiger partial charge in [0.2, 0.25) is 0 Å². The molecule has 3 nitrogen and oxygen atoms in total. The number of benzene rings is 1. The summed E-state index contributed by atoms with van der Waals surface area (Å²) in [4.78, 5) is 2.08. The van der Waals surface area contributed by atoms with Gasteiger partial charge in [-0.15, -0.1) is 31.4 Å². The molecule has 1 fully saturated rings. The monoisotopic (exact) mass is 386 g/mol. The minimum Gasteiger partial charge on any atom is -0.497 e. The van der Waals surface area contributed by atoms with Gasteiger partial charge >= 0.3 is 6.18 Å². The normalized spacial score (nSPS) is 16.5. The Kier molecular flexibility index (Phi) is 9.73. The largest absolute Gasteiger partial charge is 0.497 e. The molecule has 0 amide bonds. The molecule has 0 unspecified atom stereocenters. The maximum atomic E-state index is 13.4. The quantitative estimate of drug-likeness (QED) is 0.771. The van der Waals surface area contributed by atoms with Crippen LogP contribution in [0.2, 0.25) is 0 Å². The molecule has 138 valence electrons. The van der Waals surface area contributed by atoms with Gasteiger partial charge in [0.25, 0.3) is 0 Å². The van der Waals surface area contributed by atoms with Gasteiger partial charge < -0.3 is 10.1 Å². The van der Waals surface area contributed by atoms with Crippen molar-refractivity contribution in [1.82, 2.24) is 10.2 Å². The lowest BCUT2D eigenvalue weighted by Gasteiger charge is -2.36. The van der Waals surface area contributed by atoms with E-state index in [1.54, 1.807) is 12.1 Å². The number of ether oxygens (including phenoxy) is 1. The molecule has 0 aliphatic carbocycles. The number of nitrogens with zero attached hydrogens (tertiary/aromatic N) is 1. The zero-order valence-electron chi connectivity index (χ0n) is 13.4. The van der Waals surface area contributed by atoms with E-state index in [1.165, 1.54) is 13.2 Å². The van der Waals surface area contributed by atoms with Crippen molar-refractivity contribution in [3.05, 3.63) is 42.0 Å². The molecule has 1 saturated heterocycles. The van der Waals surface area contributed by atoms with E-state index in [9.17, 15) is 13.2 Å². The van der Waals surface area contributed by atoms with Gasteiger partial charge in [0, 0.05) is 32.2 Å². The first-order valence-electron chi connectivity index (χ1n) is 7.28. The molecule has 0 saturated carbocycles. The Hall–Kier alpha value is -0.950. The molecule has 0 spiro atoms. The summed E-state index contributed by atoms with van der Waals surface area (Å²) < 4.78 is 45.2. The van der Waals surface area contributed by atoms with E-state index >= 15 is 0 Å². The molecule has 24 heavy (non-hydrogen) atoms. The smallest absolute Gasteiger partial charge is 0.416 e. The van der Waals surface area contributed by atoms with E-state index in [0.29, 0.717) is 6.42 Å². The molecule has 1 heterocycles. The zero-order valence-corrected chi connectivity index (χ0v) is 15.1. The minimum absolute atomic E-state index is 0. The molecule has 1 aliphatic rings. The van der Waals surface area contributed by atoms with Crippen LogP contribution in [0.15, 0.2) is 30.9 Å². The summed E-state index contributed by atoms with van der Waals surface area (Å²) in [5.41, 5.74) is -0.340. The van der Waals surface area contributed by atoms with Gasteiger partial charge in [-0.05, 0) is 24.1 Å². The number of hydrogen-bond donors (Lipinski definition) is 1. The Bertz CT molecular complexity index is 521. The van der Waals surface area contributed by atoms with Crippen LogP contribution in [0, 0.1) is 0 Å². The molecule has 0 bridgehead atoms. The number of rotatable bonds is 5. The number of alkyl halides is 3. The Labute approximate surface area is 153 Å². The van der Waals surface area contributed by atoms with Crippen molar-refractivity contribution in [1.29, 1.82) is 0 Å². The first-order chi connectivity index (χ1) is 10.5. The fraction of sp³-hybridized carbons (Fsp3) is 0.500. The fourth-order valence-electron chi connectivity index (χ4n) is 2.82. The van der Waals surface area contributed by atoms with Gasteiger partial charge in [0.15, 0.2) is 0 Å². The number of piperazine rings is 1. The second-order valence-electron chi connectivity index (χ2n) is 5.28. The molecule has 1 aromatic rings. The van der Waals surface area contributed by atoms with Crippen LogP contribution in [0.3, 0.4) is 0 Å². The standard InChI is InChI=1S/C16H21F3N2O.2ClH/c1-3-4-15(21-9-7-20-8-10-21)13-6-5-12(22-2)11-14(13)16(17,18)19;;/h3,5-6,11,15,20H,1,4,7-10H2,2H3;2*1H/t15-;;/m0../s1. The van der Waals surface area contributed by atoms with Crippen molar-refractivity contribution in [2.24, 2.45) is 0 Å². The summed E-state index contributed by atoms with van der Waals surface area (Å²) in [5.74, 6) is 0.216. The first-order valence-corrected chi connectivity index (χ1v) is 7.28. The van der Waals surface area contributed by atoms with Crippen LogP contribution in [0.5, 0.6) is 5.75 Å². The molecule has 2 rings (SSSR count). The molecule has 1 N–H and O–H groups in total. The van der Waals surface area contributed by atoms with E-state index in [2.05, 4.69) is 16.8 Å². The highest BCUT2D eigenvalue weighted by molar-refractivity contribution is 5.85. The van der Waals surface area contributed by atoms with E-state index in [4.69, 9.17) is 4.74 Å². The number of halogens is 5. The molecule has 1 aliphatic heterocycles. The third-order valence-electron chi connectivity index (χ3n) is 3.91. The van der Waals surface area contributed by atoms with E-state index < -0.39 is 11.7 Å². The van der Waals surface area contributed by atoms with Crippen LogP contribution < -0.4 is 10.1 Å². The molecule has 1 aromatic carbocycles. The average molecular weight is 387 g/mol. The summed E-state index contributed by atoms with van der Waals surface area (Å²) in [6.45, 7) is 6.71. The second kappa shape index (κ2) is 10.1. The highest BCUT2D eigenvalue weighted by Gasteiger charge is 2.37. The molecule has 0 aromatic heterocycles. The van der Waals surface area contributed by atoms with Gasteiger partial charge in [-0.25, -0.2) is 0 Å². The predicted molar refractivity (Wildman–Crippen MR) is 94.5 cm³/mol. The molecule has 8 heteroatoms. The maximum absolute atomic E-state index is 13.4. The summed E-state index contributed by atoms with van der Waals surface area (Å²) >= 11 is 0. The van der Waals surface area contributed by atoms with Crippen LogP contribution in [-0.2, 0) is 6.18 Å². The van der Waals surface area contributed by atoms with Gasteiger partial charge in [-0.2, -0.15) is 13.2 Å². The zero-order chi connectivity index (χ0) is 16.2. The number of hydrogen-bond acceptors (Lipinski definition) is 3. The van der Waals surface area contributed by atoms with Crippen molar-refractivity contribution in [3.63, 3.8) is 0 Å². The number of methoxy groups -OCH3 is 1. The minimum atomic E-state index is -4.41. The third-order valence-corrected chi connectivity index (χ3v) is 3.91. The van der Waals surface area contributed by atoms with E-state index in [1.807, 2.05) is 0 Å². The summed E-state index contributed by atoms with van der Waals surface area (Å²) in [5, 5.41) is 3.22. The topological polar surface area (TPSA) is 24.5 Å². The molecule has 0 radical (unpaired) electrons. The van der Waals surface area contributed by atoms with Gasteiger partial charge in [0.1, 0.15) is 5.75 Å². The van der Waals surface area contributed by atoms with Crippen LogP contribution in [0.1, 0.15) is 23.6 Å². The van der Waals surface area contributed by atoms with Crippen molar-refractivity contribution < 1.29 is 17.9 Å². The molecular weight excluding hydrogens is 364 g/mol.